The van der Waals surface area contributed by atoms with Crippen molar-refractivity contribution in [3.63, 3.8) is 0 Å². The van der Waals surface area contributed by atoms with E-state index >= 15 is 0 Å². The van der Waals surface area contributed by atoms with Gasteiger partial charge in [-0.15, -0.1) is 0 Å². The molecule has 0 unspecified atom stereocenters. The van der Waals surface area contributed by atoms with Crippen molar-refractivity contribution < 1.29 is 9.47 Å². The third-order valence-electron chi connectivity index (χ3n) is 11.8. The molecule has 10 atom stereocenters. The van der Waals surface area contributed by atoms with E-state index in [2.05, 4.69) is 39.9 Å². The minimum atomic E-state index is 0.0711. The molecule has 33 heavy (non-hydrogen) atoms. The van der Waals surface area contributed by atoms with E-state index in [4.69, 9.17) is 9.47 Å². The topological polar surface area (TPSA) is 30.5 Å². The van der Waals surface area contributed by atoms with Gasteiger partial charge >= 0.3 is 0 Å². The van der Waals surface area contributed by atoms with Crippen molar-refractivity contribution in [1.82, 2.24) is 5.32 Å². The molecule has 4 fully saturated rings. The number of hydrogen-bond acceptors (Lipinski definition) is 3. The van der Waals surface area contributed by atoms with Crippen LogP contribution in [0.2, 0.25) is 0 Å². The number of ether oxygens (including phenoxy) is 2. The predicted octanol–water partition coefficient (Wildman–Crippen LogP) is 6.76. The maximum absolute atomic E-state index is 6.74. The first kappa shape index (κ1) is 24.3. The lowest BCUT2D eigenvalue weighted by molar-refractivity contribution is -0.0792. The molecule has 1 aliphatic heterocycles. The maximum atomic E-state index is 6.74. The zero-order chi connectivity index (χ0) is 23.4. The summed E-state index contributed by atoms with van der Waals surface area (Å²) in [5.74, 6) is 4.88. The summed E-state index contributed by atoms with van der Waals surface area (Å²) in [7, 11) is 1.92. The van der Waals surface area contributed by atoms with Crippen molar-refractivity contribution in [2.75, 3.05) is 20.3 Å². The van der Waals surface area contributed by atoms with Crippen LogP contribution in [0, 0.1) is 40.9 Å². The molecule has 5 rings (SSSR count). The van der Waals surface area contributed by atoms with Gasteiger partial charge in [-0.05, 0) is 106 Å². The molecule has 3 nitrogen and oxygen atoms in total. The molecule has 1 N–H and O–H groups in total. The fourth-order valence-corrected chi connectivity index (χ4v) is 9.20. The molecule has 0 aromatic rings. The van der Waals surface area contributed by atoms with Gasteiger partial charge in [0, 0.05) is 19.1 Å². The van der Waals surface area contributed by atoms with Gasteiger partial charge in [0.05, 0.1) is 18.3 Å². The summed E-state index contributed by atoms with van der Waals surface area (Å²) >= 11 is 0. The molecule has 1 saturated heterocycles. The summed E-state index contributed by atoms with van der Waals surface area (Å²) in [6.07, 6.45) is 13.8. The Bertz CT molecular complexity index is 748. The molecule has 1 heterocycles. The molecule has 0 aromatic heterocycles. The molecule has 4 aliphatic carbocycles. The summed E-state index contributed by atoms with van der Waals surface area (Å²) in [6, 6.07) is 0.521. The standard InChI is InChI=1S/C30H51NO2/c1-7-19(2)17-31-28-18-33-30(21(28)4)13-11-24-25-9-8-22-14-23(32-6)10-12-29(22,5)27(25)15-26(24)20(3)16-30/h19,21-25,27-28,31H,7-18H2,1-6H3/t19-,21+,22+,23+,24-,25-,27-,28+,29-,30-/m0/s1. The molecule has 3 saturated carbocycles. The number of nitrogens with one attached hydrogen (secondary N) is 1. The van der Waals surface area contributed by atoms with Crippen LogP contribution in [0.5, 0.6) is 0 Å². The molecule has 1 spiro atoms. The van der Waals surface area contributed by atoms with Gasteiger partial charge in [0.1, 0.15) is 0 Å². The average molecular weight is 458 g/mol. The fraction of sp³-hybridized carbons (Fsp3) is 0.933. The first-order valence-electron chi connectivity index (χ1n) is 14.4. The minimum absolute atomic E-state index is 0.0711. The molecule has 188 valence electrons. The second-order valence-electron chi connectivity index (χ2n) is 13.2. The summed E-state index contributed by atoms with van der Waals surface area (Å²) < 4.78 is 12.5. The van der Waals surface area contributed by atoms with Crippen LogP contribution in [-0.2, 0) is 9.47 Å². The van der Waals surface area contributed by atoms with E-state index in [1.165, 1.54) is 64.2 Å². The van der Waals surface area contributed by atoms with Crippen molar-refractivity contribution in [2.45, 2.75) is 117 Å². The van der Waals surface area contributed by atoms with E-state index < -0.39 is 0 Å². The van der Waals surface area contributed by atoms with Gasteiger partial charge < -0.3 is 14.8 Å². The van der Waals surface area contributed by atoms with Crippen LogP contribution in [0.25, 0.3) is 0 Å². The number of methoxy groups -OCH3 is 1. The number of rotatable bonds is 5. The minimum Gasteiger partial charge on any atom is -0.381 e. The Balaban J connectivity index is 1.32. The lowest BCUT2D eigenvalue weighted by Gasteiger charge is -2.54. The summed E-state index contributed by atoms with van der Waals surface area (Å²) in [5, 5.41) is 3.88. The van der Waals surface area contributed by atoms with Gasteiger partial charge in [-0.25, -0.2) is 0 Å². The third kappa shape index (κ3) is 4.06. The Hall–Kier alpha value is -0.380. The zero-order valence-corrected chi connectivity index (χ0v) is 22.4. The van der Waals surface area contributed by atoms with E-state index in [9.17, 15) is 0 Å². The van der Waals surface area contributed by atoms with Crippen LogP contribution < -0.4 is 5.32 Å². The second kappa shape index (κ2) is 9.25. The number of allylic oxidation sites excluding steroid dienone is 1. The summed E-state index contributed by atoms with van der Waals surface area (Å²) in [6.45, 7) is 14.3. The Labute approximate surface area is 203 Å². The molecular weight excluding hydrogens is 406 g/mol. The Morgan fingerprint density at radius 2 is 2.00 bits per heavy atom. The van der Waals surface area contributed by atoms with E-state index in [-0.39, 0.29) is 5.60 Å². The van der Waals surface area contributed by atoms with Gasteiger partial charge in [0.15, 0.2) is 0 Å². The van der Waals surface area contributed by atoms with Gasteiger partial charge in [-0.3, -0.25) is 0 Å². The van der Waals surface area contributed by atoms with Crippen LogP contribution in [-0.4, -0.2) is 38.0 Å². The largest absolute Gasteiger partial charge is 0.381 e. The first-order chi connectivity index (χ1) is 15.8. The molecule has 3 heteroatoms. The molecular formula is C30H51NO2. The molecule has 0 radical (unpaired) electrons. The van der Waals surface area contributed by atoms with E-state index in [1.807, 2.05) is 12.7 Å². The van der Waals surface area contributed by atoms with E-state index in [0.29, 0.717) is 23.5 Å². The van der Waals surface area contributed by atoms with E-state index in [0.717, 1.165) is 42.7 Å². The number of fused-ring (bicyclic) bond motifs is 5. The van der Waals surface area contributed by atoms with Crippen molar-refractivity contribution in [3.8, 4) is 0 Å². The Morgan fingerprint density at radius 1 is 1.18 bits per heavy atom. The average Bonchev–Trinajstić information content (AvgIpc) is 3.30. The van der Waals surface area contributed by atoms with Gasteiger partial charge in [-0.2, -0.15) is 0 Å². The molecule has 0 aromatic carbocycles. The predicted molar refractivity (Wildman–Crippen MR) is 136 cm³/mol. The summed E-state index contributed by atoms with van der Waals surface area (Å²) in [4.78, 5) is 0. The van der Waals surface area contributed by atoms with Gasteiger partial charge in [0.2, 0.25) is 0 Å². The van der Waals surface area contributed by atoms with Gasteiger partial charge in [0.25, 0.3) is 0 Å². The highest BCUT2D eigenvalue weighted by Crippen LogP contribution is 2.65. The normalized spacial score (nSPS) is 48.4. The monoisotopic (exact) mass is 457 g/mol. The smallest absolute Gasteiger partial charge is 0.0761 e. The van der Waals surface area contributed by atoms with Crippen LogP contribution in [0.15, 0.2) is 11.1 Å². The zero-order valence-electron chi connectivity index (χ0n) is 22.4. The second-order valence-corrected chi connectivity index (χ2v) is 13.2. The quantitative estimate of drug-likeness (QED) is 0.462. The van der Waals surface area contributed by atoms with Crippen LogP contribution in [0.1, 0.15) is 98.8 Å². The van der Waals surface area contributed by atoms with Crippen LogP contribution in [0.3, 0.4) is 0 Å². The Morgan fingerprint density at radius 3 is 2.76 bits per heavy atom. The molecule has 0 amide bonds. The Kier molecular flexibility index (Phi) is 6.82. The number of hydrogen-bond donors (Lipinski definition) is 1. The maximum Gasteiger partial charge on any atom is 0.0761 e. The molecule has 5 aliphatic rings. The van der Waals surface area contributed by atoms with Crippen molar-refractivity contribution in [1.29, 1.82) is 0 Å². The van der Waals surface area contributed by atoms with Crippen molar-refractivity contribution in [2.24, 2.45) is 40.9 Å². The lowest BCUT2D eigenvalue weighted by atomic mass is 9.52. The van der Waals surface area contributed by atoms with Crippen molar-refractivity contribution in [3.05, 3.63) is 11.1 Å². The molecule has 0 bridgehead atoms. The summed E-state index contributed by atoms with van der Waals surface area (Å²) in [5.41, 5.74) is 4.18. The first-order valence-corrected chi connectivity index (χ1v) is 14.4. The fourth-order valence-electron chi connectivity index (χ4n) is 9.20. The van der Waals surface area contributed by atoms with E-state index in [1.54, 1.807) is 5.57 Å². The highest BCUT2D eigenvalue weighted by Gasteiger charge is 2.57. The van der Waals surface area contributed by atoms with Crippen molar-refractivity contribution >= 4 is 0 Å². The highest BCUT2D eigenvalue weighted by atomic mass is 16.5. The SMILES string of the molecule is CC[C@H](C)CN[C@@H]1CO[C@]2(CC[C@@H]3C(=C(C)C2)C[C@H]2[C@H]3CC[C@@H]3C[C@H](OC)CC[C@@]32C)[C@@H]1C. The lowest BCUT2D eigenvalue weighted by Crippen LogP contribution is -2.47. The van der Waals surface area contributed by atoms with Crippen LogP contribution in [0.4, 0.5) is 0 Å². The highest BCUT2D eigenvalue weighted by molar-refractivity contribution is 5.28. The third-order valence-corrected chi connectivity index (χ3v) is 11.8. The van der Waals surface area contributed by atoms with Gasteiger partial charge in [-0.1, -0.05) is 45.3 Å². The van der Waals surface area contributed by atoms with Crippen LogP contribution >= 0.6 is 0 Å².